The largest absolute Gasteiger partial charge is 0.373 e. The lowest BCUT2D eigenvalue weighted by atomic mass is 9.89. The van der Waals surface area contributed by atoms with Crippen molar-refractivity contribution in [3.05, 3.63) is 12.3 Å². The molecule has 0 radical (unpaired) electrons. The van der Waals surface area contributed by atoms with E-state index >= 15 is 0 Å². The summed E-state index contributed by atoms with van der Waals surface area (Å²) in [6.07, 6.45) is 7.24. The molecule has 0 N–H and O–H groups in total. The van der Waals surface area contributed by atoms with Crippen LogP contribution in [0.15, 0.2) is 12.3 Å². The van der Waals surface area contributed by atoms with Crippen molar-refractivity contribution in [1.29, 1.82) is 0 Å². The van der Waals surface area contributed by atoms with E-state index in [1.807, 2.05) is 0 Å². The molecule has 0 saturated carbocycles. The Kier molecular flexibility index (Phi) is 2.74. The number of hydrogen-bond acceptors (Lipinski definition) is 1. The Morgan fingerprint density at radius 1 is 1.23 bits per heavy atom. The zero-order valence-corrected chi connectivity index (χ0v) is 9.72. The zero-order chi connectivity index (χ0) is 10.1. The van der Waals surface area contributed by atoms with Gasteiger partial charge in [0, 0.05) is 12.1 Å². The van der Waals surface area contributed by atoms with Crippen LogP contribution in [0.1, 0.15) is 47.5 Å². The van der Waals surface area contributed by atoms with Gasteiger partial charge in [0.25, 0.3) is 0 Å². The molecule has 1 aliphatic rings. The van der Waals surface area contributed by atoms with E-state index in [0.717, 1.165) is 0 Å². The molecule has 0 aromatic rings. The van der Waals surface area contributed by atoms with Crippen molar-refractivity contribution in [2.75, 3.05) is 6.54 Å². The summed E-state index contributed by atoms with van der Waals surface area (Å²) in [6.45, 7) is 12.6. The van der Waals surface area contributed by atoms with Gasteiger partial charge in [0.1, 0.15) is 0 Å². The zero-order valence-electron chi connectivity index (χ0n) is 9.72. The highest BCUT2D eigenvalue weighted by atomic mass is 15.2. The summed E-state index contributed by atoms with van der Waals surface area (Å²) >= 11 is 0. The van der Waals surface area contributed by atoms with Crippen LogP contribution in [0.25, 0.3) is 0 Å². The molecule has 0 aromatic carbocycles. The Morgan fingerprint density at radius 2 is 1.85 bits per heavy atom. The van der Waals surface area contributed by atoms with Crippen LogP contribution in [0.2, 0.25) is 0 Å². The fourth-order valence-corrected chi connectivity index (χ4v) is 1.71. The Bertz CT molecular complexity index is 196. The van der Waals surface area contributed by atoms with Crippen molar-refractivity contribution < 1.29 is 0 Å². The molecule has 1 aliphatic heterocycles. The number of allylic oxidation sites excluding steroid dienone is 1. The molecule has 13 heavy (non-hydrogen) atoms. The molecule has 1 heteroatoms. The van der Waals surface area contributed by atoms with Gasteiger partial charge < -0.3 is 4.90 Å². The van der Waals surface area contributed by atoms with E-state index in [4.69, 9.17) is 0 Å². The van der Waals surface area contributed by atoms with Crippen molar-refractivity contribution in [3.63, 3.8) is 0 Å². The number of hydrogen-bond donors (Lipinski definition) is 0. The highest BCUT2D eigenvalue weighted by Crippen LogP contribution is 2.29. The molecule has 1 heterocycles. The van der Waals surface area contributed by atoms with E-state index < -0.39 is 0 Å². The second-order valence-corrected chi connectivity index (χ2v) is 5.77. The summed E-state index contributed by atoms with van der Waals surface area (Å²) in [7, 11) is 0. The Balaban J connectivity index is 2.72. The molecule has 0 fully saturated rings. The van der Waals surface area contributed by atoms with E-state index in [0.29, 0.717) is 5.41 Å². The van der Waals surface area contributed by atoms with Crippen LogP contribution in [-0.4, -0.2) is 17.0 Å². The molecular weight excluding hydrogens is 158 g/mol. The van der Waals surface area contributed by atoms with Crippen LogP contribution < -0.4 is 0 Å². The quantitative estimate of drug-likeness (QED) is 0.553. The van der Waals surface area contributed by atoms with Gasteiger partial charge in [-0.2, -0.15) is 0 Å². The summed E-state index contributed by atoms with van der Waals surface area (Å²) in [5, 5.41) is 0. The summed E-state index contributed by atoms with van der Waals surface area (Å²) in [6, 6.07) is 0. The molecular formula is C12H23N. The second-order valence-electron chi connectivity index (χ2n) is 5.77. The van der Waals surface area contributed by atoms with Crippen molar-refractivity contribution in [3.8, 4) is 0 Å². The van der Waals surface area contributed by atoms with E-state index in [2.05, 4.69) is 51.8 Å². The molecule has 1 nitrogen and oxygen atoms in total. The molecule has 76 valence electrons. The van der Waals surface area contributed by atoms with Crippen LogP contribution in [0.5, 0.6) is 0 Å². The molecule has 1 rings (SSSR count). The van der Waals surface area contributed by atoms with E-state index in [1.165, 1.54) is 19.4 Å². The average Bonchev–Trinajstić information content (AvgIpc) is 2.08. The van der Waals surface area contributed by atoms with E-state index in [1.54, 1.807) is 0 Å². The monoisotopic (exact) mass is 181 g/mol. The van der Waals surface area contributed by atoms with Crippen molar-refractivity contribution >= 4 is 0 Å². The summed E-state index contributed by atoms with van der Waals surface area (Å²) in [4.78, 5) is 2.45. The van der Waals surface area contributed by atoms with Gasteiger partial charge in [-0.1, -0.05) is 19.9 Å². The van der Waals surface area contributed by atoms with Crippen molar-refractivity contribution in [2.45, 2.75) is 53.0 Å². The molecule has 0 aromatic heterocycles. The minimum Gasteiger partial charge on any atom is -0.373 e. The SMILES string of the molecule is CC1(C)C=CN(C(C)(C)C)CCC1. The third kappa shape index (κ3) is 3.06. The Hall–Kier alpha value is -0.460. The van der Waals surface area contributed by atoms with Crippen molar-refractivity contribution in [1.82, 2.24) is 4.90 Å². The smallest absolute Gasteiger partial charge is 0.0312 e. The standard InChI is InChI=1S/C12H23N/c1-11(2,3)13-9-6-7-12(4,5)8-10-13/h8,10H,6-7,9H2,1-5H3. The highest BCUT2D eigenvalue weighted by molar-refractivity contribution is 5.00. The van der Waals surface area contributed by atoms with Crippen LogP contribution in [-0.2, 0) is 0 Å². The van der Waals surface area contributed by atoms with Crippen molar-refractivity contribution in [2.24, 2.45) is 5.41 Å². The number of nitrogens with zero attached hydrogens (tertiary/aromatic N) is 1. The first kappa shape index (κ1) is 10.6. The van der Waals surface area contributed by atoms with E-state index in [9.17, 15) is 0 Å². The average molecular weight is 181 g/mol. The molecule has 0 amide bonds. The van der Waals surface area contributed by atoms with Gasteiger partial charge in [-0.25, -0.2) is 0 Å². The second kappa shape index (κ2) is 3.36. The van der Waals surface area contributed by atoms with Gasteiger partial charge in [0.05, 0.1) is 0 Å². The Labute approximate surface area is 82.8 Å². The van der Waals surface area contributed by atoms with E-state index in [-0.39, 0.29) is 5.54 Å². The predicted octanol–water partition coefficient (Wildman–Crippen LogP) is 3.42. The molecule has 0 atom stereocenters. The highest BCUT2D eigenvalue weighted by Gasteiger charge is 2.23. The first-order valence-electron chi connectivity index (χ1n) is 5.27. The Morgan fingerprint density at radius 3 is 2.38 bits per heavy atom. The third-order valence-electron chi connectivity index (χ3n) is 2.79. The molecule has 0 aliphatic carbocycles. The molecule has 0 saturated heterocycles. The van der Waals surface area contributed by atoms with Gasteiger partial charge in [0.15, 0.2) is 0 Å². The minimum atomic E-state index is 0.275. The summed E-state index contributed by atoms with van der Waals surface area (Å²) < 4.78 is 0. The maximum Gasteiger partial charge on any atom is 0.0312 e. The van der Waals surface area contributed by atoms with Gasteiger partial charge in [-0.3, -0.25) is 0 Å². The van der Waals surface area contributed by atoms with Gasteiger partial charge >= 0.3 is 0 Å². The third-order valence-corrected chi connectivity index (χ3v) is 2.79. The van der Waals surface area contributed by atoms with Crippen LogP contribution >= 0.6 is 0 Å². The van der Waals surface area contributed by atoms with Gasteiger partial charge in [-0.15, -0.1) is 0 Å². The first-order chi connectivity index (χ1) is 5.81. The van der Waals surface area contributed by atoms with Gasteiger partial charge in [0.2, 0.25) is 0 Å². The lowest BCUT2D eigenvalue weighted by Crippen LogP contribution is -2.37. The normalized spacial score (nSPS) is 23.0. The molecule has 0 bridgehead atoms. The predicted molar refractivity (Wildman–Crippen MR) is 58.6 cm³/mol. The van der Waals surface area contributed by atoms with Gasteiger partial charge in [-0.05, 0) is 45.2 Å². The summed E-state index contributed by atoms with van der Waals surface area (Å²) in [5.74, 6) is 0. The fourth-order valence-electron chi connectivity index (χ4n) is 1.71. The topological polar surface area (TPSA) is 3.24 Å². The maximum absolute atomic E-state index is 2.45. The fraction of sp³-hybridized carbons (Fsp3) is 0.833. The summed E-state index contributed by atoms with van der Waals surface area (Å²) in [5.41, 5.74) is 0.664. The first-order valence-corrected chi connectivity index (χ1v) is 5.27. The molecule has 0 spiro atoms. The molecule has 0 unspecified atom stereocenters. The van der Waals surface area contributed by atoms with Crippen LogP contribution in [0, 0.1) is 5.41 Å². The minimum absolute atomic E-state index is 0.275. The number of rotatable bonds is 0. The lowest BCUT2D eigenvalue weighted by Gasteiger charge is -2.34. The maximum atomic E-state index is 2.45. The lowest BCUT2D eigenvalue weighted by molar-refractivity contribution is 0.205. The van der Waals surface area contributed by atoms with Crippen LogP contribution in [0.4, 0.5) is 0 Å². The van der Waals surface area contributed by atoms with Crippen LogP contribution in [0.3, 0.4) is 0 Å².